The van der Waals surface area contributed by atoms with Crippen LogP contribution in [0.15, 0.2) is 18.2 Å². The van der Waals surface area contributed by atoms with Crippen molar-refractivity contribution in [2.45, 2.75) is 6.92 Å². The van der Waals surface area contributed by atoms with Crippen LogP contribution < -0.4 is 11.1 Å². The van der Waals surface area contributed by atoms with Gasteiger partial charge in [0, 0.05) is 5.02 Å². The van der Waals surface area contributed by atoms with E-state index in [2.05, 4.69) is 5.32 Å². The van der Waals surface area contributed by atoms with Crippen LogP contribution in [0, 0.1) is 0 Å². The minimum atomic E-state index is -0.0988. The summed E-state index contributed by atoms with van der Waals surface area (Å²) >= 11 is 5.82. The van der Waals surface area contributed by atoms with Crippen LogP contribution in [0.3, 0.4) is 0 Å². The summed E-state index contributed by atoms with van der Waals surface area (Å²) in [7, 11) is 1.88. The smallest absolute Gasteiger partial charge is 0.238 e. The van der Waals surface area contributed by atoms with Gasteiger partial charge in [0.1, 0.15) is 0 Å². The molecule has 0 aromatic heterocycles. The van der Waals surface area contributed by atoms with E-state index in [4.69, 9.17) is 17.3 Å². The number of nitrogens with zero attached hydrogens (tertiary/aromatic N) is 1. The maximum Gasteiger partial charge on any atom is 0.238 e. The Morgan fingerprint density at radius 2 is 2.25 bits per heavy atom. The molecule has 0 saturated heterocycles. The number of halogens is 1. The van der Waals surface area contributed by atoms with Crippen molar-refractivity contribution >= 4 is 28.9 Å². The molecule has 1 rings (SSSR count). The molecule has 0 atom stereocenters. The molecule has 3 N–H and O–H groups in total. The highest BCUT2D eigenvalue weighted by atomic mass is 35.5. The second kappa shape index (κ2) is 5.72. The van der Waals surface area contributed by atoms with Gasteiger partial charge in [-0.2, -0.15) is 0 Å². The molecule has 0 aliphatic carbocycles. The monoisotopic (exact) mass is 241 g/mol. The summed E-state index contributed by atoms with van der Waals surface area (Å²) in [6.07, 6.45) is 0. The van der Waals surface area contributed by atoms with E-state index in [1.807, 2.05) is 18.9 Å². The predicted octanol–water partition coefficient (Wildman–Crippen LogP) is 1.81. The Bertz CT molecular complexity index is 381. The normalized spacial score (nSPS) is 10.5. The van der Waals surface area contributed by atoms with E-state index < -0.39 is 0 Å². The first-order valence-corrected chi connectivity index (χ1v) is 5.44. The summed E-state index contributed by atoms with van der Waals surface area (Å²) in [4.78, 5) is 13.5. The van der Waals surface area contributed by atoms with Crippen LogP contribution in [0.25, 0.3) is 0 Å². The van der Waals surface area contributed by atoms with Gasteiger partial charge in [0.15, 0.2) is 0 Å². The average molecular weight is 242 g/mol. The highest BCUT2D eigenvalue weighted by Crippen LogP contribution is 2.22. The zero-order valence-corrected chi connectivity index (χ0v) is 10.2. The molecule has 1 aromatic carbocycles. The highest BCUT2D eigenvalue weighted by molar-refractivity contribution is 6.31. The van der Waals surface area contributed by atoms with E-state index in [1.54, 1.807) is 18.2 Å². The van der Waals surface area contributed by atoms with Crippen molar-refractivity contribution in [2.24, 2.45) is 0 Å². The minimum Gasteiger partial charge on any atom is -0.397 e. The Balaban J connectivity index is 2.65. The van der Waals surface area contributed by atoms with Crippen LogP contribution in [-0.4, -0.2) is 30.9 Å². The Kier molecular flexibility index (Phi) is 4.58. The van der Waals surface area contributed by atoms with E-state index in [-0.39, 0.29) is 5.91 Å². The largest absolute Gasteiger partial charge is 0.397 e. The van der Waals surface area contributed by atoms with Gasteiger partial charge in [-0.25, -0.2) is 0 Å². The molecule has 0 aliphatic heterocycles. The summed E-state index contributed by atoms with van der Waals surface area (Å²) in [5.74, 6) is -0.0988. The van der Waals surface area contributed by atoms with Gasteiger partial charge in [-0.1, -0.05) is 18.5 Å². The molecule has 88 valence electrons. The van der Waals surface area contributed by atoms with Gasteiger partial charge >= 0.3 is 0 Å². The number of hydrogen-bond acceptors (Lipinski definition) is 3. The van der Waals surface area contributed by atoms with Gasteiger partial charge in [0.05, 0.1) is 17.9 Å². The summed E-state index contributed by atoms with van der Waals surface area (Å²) in [5, 5.41) is 3.28. The Labute approximate surface area is 100 Å². The summed E-state index contributed by atoms with van der Waals surface area (Å²) < 4.78 is 0. The number of hydrogen-bond donors (Lipinski definition) is 2. The van der Waals surface area contributed by atoms with Crippen LogP contribution in [0.2, 0.25) is 5.02 Å². The number of nitrogen functional groups attached to an aromatic ring is 1. The predicted molar refractivity (Wildman–Crippen MR) is 67.7 cm³/mol. The first-order valence-electron chi connectivity index (χ1n) is 5.06. The van der Waals surface area contributed by atoms with Gasteiger partial charge in [-0.3, -0.25) is 9.69 Å². The first-order chi connectivity index (χ1) is 7.52. The van der Waals surface area contributed by atoms with Crippen molar-refractivity contribution in [2.75, 3.05) is 31.2 Å². The van der Waals surface area contributed by atoms with E-state index in [1.165, 1.54) is 0 Å². The number of benzene rings is 1. The van der Waals surface area contributed by atoms with Gasteiger partial charge in [-0.05, 0) is 31.8 Å². The standard InChI is InChI=1S/C11H16ClN3O/c1-3-15(2)7-11(16)14-10-6-8(12)4-5-9(10)13/h4-6H,3,7,13H2,1-2H3,(H,14,16). The summed E-state index contributed by atoms with van der Waals surface area (Å²) in [5.41, 5.74) is 6.78. The SMILES string of the molecule is CCN(C)CC(=O)Nc1cc(Cl)ccc1N. The zero-order chi connectivity index (χ0) is 12.1. The topological polar surface area (TPSA) is 58.4 Å². The molecule has 1 aromatic rings. The molecule has 0 unspecified atom stereocenters. The van der Waals surface area contributed by atoms with E-state index in [0.717, 1.165) is 6.54 Å². The van der Waals surface area contributed by atoms with E-state index in [9.17, 15) is 4.79 Å². The number of carbonyl (C=O) groups is 1. The third-order valence-electron chi connectivity index (χ3n) is 2.24. The molecule has 0 radical (unpaired) electrons. The van der Waals surface area contributed by atoms with Crippen molar-refractivity contribution in [3.8, 4) is 0 Å². The Hall–Kier alpha value is -1.26. The molecule has 1 amide bonds. The summed E-state index contributed by atoms with van der Waals surface area (Å²) in [6.45, 7) is 3.14. The van der Waals surface area contributed by atoms with Crippen molar-refractivity contribution < 1.29 is 4.79 Å². The molecular formula is C11H16ClN3O. The molecular weight excluding hydrogens is 226 g/mol. The second-order valence-electron chi connectivity index (χ2n) is 3.61. The van der Waals surface area contributed by atoms with Gasteiger partial charge in [0.2, 0.25) is 5.91 Å². The quantitative estimate of drug-likeness (QED) is 0.791. The van der Waals surface area contributed by atoms with E-state index >= 15 is 0 Å². The molecule has 4 nitrogen and oxygen atoms in total. The minimum absolute atomic E-state index is 0.0988. The Morgan fingerprint density at radius 3 is 2.88 bits per heavy atom. The van der Waals surface area contributed by atoms with Gasteiger partial charge < -0.3 is 11.1 Å². The van der Waals surface area contributed by atoms with Crippen molar-refractivity contribution in [1.82, 2.24) is 4.90 Å². The number of nitrogens with one attached hydrogen (secondary N) is 1. The molecule has 0 saturated carbocycles. The molecule has 0 aliphatic rings. The number of rotatable bonds is 4. The number of anilines is 2. The first kappa shape index (κ1) is 12.8. The molecule has 0 heterocycles. The summed E-state index contributed by atoms with van der Waals surface area (Å²) in [6, 6.07) is 4.99. The van der Waals surface area contributed by atoms with Crippen LogP contribution >= 0.6 is 11.6 Å². The third kappa shape index (κ3) is 3.72. The molecule has 0 bridgehead atoms. The lowest BCUT2D eigenvalue weighted by Crippen LogP contribution is -2.30. The molecule has 0 fully saturated rings. The van der Waals surface area contributed by atoms with Gasteiger partial charge in [0.25, 0.3) is 0 Å². The van der Waals surface area contributed by atoms with Gasteiger partial charge in [-0.15, -0.1) is 0 Å². The van der Waals surface area contributed by atoms with E-state index in [0.29, 0.717) is 22.9 Å². The van der Waals surface area contributed by atoms with Crippen LogP contribution in [-0.2, 0) is 4.79 Å². The lowest BCUT2D eigenvalue weighted by Gasteiger charge is -2.14. The number of nitrogens with two attached hydrogens (primary N) is 1. The fourth-order valence-corrected chi connectivity index (χ4v) is 1.36. The van der Waals surface area contributed by atoms with Crippen LogP contribution in [0.5, 0.6) is 0 Å². The number of carbonyl (C=O) groups excluding carboxylic acids is 1. The zero-order valence-electron chi connectivity index (χ0n) is 9.46. The number of likely N-dealkylation sites (N-methyl/N-ethyl adjacent to an activating group) is 1. The highest BCUT2D eigenvalue weighted by Gasteiger charge is 2.07. The molecule has 0 spiro atoms. The molecule has 5 heteroatoms. The average Bonchev–Trinajstić information content (AvgIpc) is 2.23. The lowest BCUT2D eigenvalue weighted by molar-refractivity contribution is -0.117. The van der Waals surface area contributed by atoms with Crippen LogP contribution in [0.1, 0.15) is 6.92 Å². The van der Waals surface area contributed by atoms with Crippen molar-refractivity contribution in [3.63, 3.8) is 0 Å². The second-order valence-corrected chi connectivity index (χ2v) is 4.05. The fourth-order valence-electron chi connectivity index (χ4n) is 1.18. The maximum atomic E-state index is 11.6. The third-order valence-corrected chi connectivity index (χ3v) is 2.48. The van der Waals surface area contributed by atoms with Crippen molar-refractivity contribution in [3.05, 3.63) is 23.2 Å². The lowest BCUT2D eigenvalue weighted by atomic mass is 10.2. The number of amides is 1. The van der Waals surface area contributed by atoms with Crippen LogP contribution in [0.4, 0.5) is 11.4 Å². The maximum absolute atomic E-state index is 11.6. The Morgan fingerprint density at radius 1 is 1.56 bits per heavy atom. The van der Waals surface area contributed by atoms with Crippen molar-refractivity contribution in [1.29, 1.82) is 0 Å². The fraction of sp³-hybridized carbons (Fsp3) is 0.364. The molecule has 16 heavy (non-hydrogen) atoms.